The summed E-state index contributed by atoms with van der Waals surface area (Å²) in [7, 11) is 3.56. The smallest absolute Gasteiger partial charge is 0.256 e. The quantitative estimate of drug-likeness (QED) is 0.155. The van der Waals surface area contributed by atoms with E-state index in [-0.39, 0.29) is 28.6 Å². The van der Waals surface area contributed by atoms with E-state index in [0.29, 0.717) is 25.1 Å². The van der Waals surface area contributed by atoms with Crippen LogP contribution in [-0.2, 0) is 16.0 Å². The van der Waals surface area contributed by atoms with Gasteiger partial charge in [-0.2, -0.15) is 5.10 Å². The molecule has 3 rings (SSSR count). The molecule has 11 heteroatoms. The second kappa shape index (κ2) is 10.9. The highest BCUT2D eigenvalue weighted by molar-refractivity contribution is 6.20. The normalized spacial score (nSPS) is 16.8. The van der Waals surface area contributed by atoms with Crippen molar-refractivity contribution >= 4 is 17.6 Å². The predicted octanol–water partition coefficient (Wildman–Crippen LogP) is -2.79. The van der Waals surface area contributed by atoms with Crippen LogP contribution in [-0.4, -0.2) is 65.4 Å². The van der Waals surface area contributed by atoms with Gasteiger partial charge in [-0.15, -0.1) is 0 Å². The van der Waals surface area contributed by atoms with Crippen molar-refractivity contribution in [3.8, 4) is 0 Å². The molecule has 25 heavy (non-hydrogen) atoms. The molecule has 140 valence electrons. The van der Waals surface area contributed by atoms with Gasteiger partial charge in [-0.05, 0) is 0 Å². The maximum absolute atomic E-state index is 11.2. The largest absolute Gasteiger partial charge is 0.412 e. The van der Waals surface area contributed by atoms with Crippen LogP contribution in [0.5, 0.6) is 0 Å². The Hall–Kier alpha value is -2.76. The monoisotopic (exact) mass is 355 g/mol. The van der Waals surface area contributed by atoms with Gasteiger partial charge in [-0.25, -0.2) is 0 Å². The topological polar surface area (TPSA) is 191 Å². The standard InChI is InChI=1S/C8H12N2O2.C6H7N3O.H4N2.H2O/c1-10(2)5-6-7(11)3-4-9-8(6)12;10-6-4-3-8-9-5(4)1-2-7-6;1-2;/h5H,3-4H2,1-2H3,(H,9,12);3H,1-2H2,(H,7,10)(H,8,9);1-2H2;1H2/b6-5-;;;. The molecule has 0 atom stereocenters. The van der Waals surface area contributed by atoms with Crippen molar-refractivity contribution in [2.75, 3.05) is 27.2 Å². The van der Waals surface area contributed by atoms with E-state index in [1.807, 2.05) is 0 Å². The molecule has 0 saturated carbocycles. The predicted molar refractivity (Wildman–Crippen MR) is 91.0 cm³/mol. The lowest BCUT2D eigenvalue weighted by atomic mass is 10.1. The van der Waals surface area contributed by atoms with Crippen molar-refractivity contribution in [3.05, 3.63) is 29.2 Å². The Kier molecular flexibility index (Phi) is 9.71. The van der Waals surface area contributed by atoms with E-state index in [1.165, 1.54) is 0 Å². The van der Waals surface area contributed by atoms with E-state index < -0.39 is 0 Å². The number of piperidine rings is 1. The number of hydrogen-bond acceptors (Lipinski definition) is 7. The molecule has 1 saturated heterocycles. The van der Waals surface area contributed by atoms with Gasteiger partial charge < -0.3 is 21.0 Å². The molecule has 2 amide bonds. The van der Waals surface area contributed by atoms with Crippen LogP contribution < -0.4 is 22.3 Å². The van der Waals surface area contributed by atoms with Crippen LogP contribution in [0, 0.1) is 0 Å². The fourth-order valence-corrected chi connectivity index (χ4v) is 2.13. The second-order valence-corrected chi connectivity index (χ2v) is 5.20. The number of carbonyl (C=O) groups is 3. The minimum atomic E-state index is -0.264. The van der Waals surface area contributed by atoms with Gasteiger partial charge in [0.15, 0.2) is 5.78 Å². The van der Waals surface area contributed by atoms with Gasteiger partial charge >= 0.3 is 0 Å². The first-order valence-corrected chi connectivity index (χ1v) is 7.32. The molecule has 1 fully saturated rings. The van der Waals surface area contributed by atoms with Gasteiger partial charge in [-0.3, -0.25) is 31.2 Å². The number of carbonyl (C=O) groups excluding carboxylic acids is 3. The Balaban J connectivity index is 0.000000408. The van der Waals surface area contributed by atoms with Gasteiger partial charge in [-0.1, -0.05) is 0 Å². The Morgan fingerprint density at radius 3 is 2.24 bits per heavy atom. The summed E-state index contributed by atoms with van der Waals surface area (Å²) in [6, 6.07) is 0. The summed E-state index contributed by atoms with van der Waals surface area (Å²) in [5, 5.41) is 11.9. The fourth-order valence-electron chi connectivity index (χ4n) is 2.13. The molecule has 9 N–H and O–H groups in total. The van der Waals surface area contributed by atoms with Crippen molar-refractivity contribution in [3.63, 3.8) is 0 Å². The number of nitrogens with two attached hydrogens (primary N) is 2. The first-order chi connectivity index (χ1) is 11.5. The number of ketones is 1. The van der Waals surface area contributed by atoms with E-state index in [9.17, 15) is 14.4 Å². The van der Waals surface area contributed by atoms with Crippen molar-refractivity contribution < 1.29 is 19.9 Å². The van der Waals surface area contributed by atoms with E-state index >= 15 is 0 Å². The molecule has 2 aliphatic rings. The van der Waals surface area contributed by atoms with Crippen LogP contribution in [0.25, 0.3) is 0 Å². The van der Waals surface area contributed by atoms with Crippen LogP contribution in [0.1, 0.15) is 22.5 Å². The average molecular weight is 355 g/mol. The van der Waals surface area contributed by atoms with Crippen molar-refractivity contribution in [1.82, 2.24) is 25.7 Å². The first kappa shape index (κ1) is 22.2. The molecule has 3 heterocycles. The second-order valence-electron chi connectivity index (χ2n) is 5.20. The summed E-state index contributed by atoms with van der Waals surface area (Å²) in [6.07, 6.45) is 4.38. The van der Waals surface area contributed by atoms with Gasteiger partial charge in [0.2, 0.25) is 0 Å². The molecule has 0 aliphatic carbocycles. The Morgan fingerprint density at radius 1 is 1.08 bits per heavy atom. The van der Waals surface area contributed by atoms with Crippen molar-refractivity contribution in [1.29, 1.82) is 0 Å². The van der Waals surface area contributed by atoms with Crippen molar-refractivity contribution in [2.45, 2.75) is 12.8 Å². The van der Waals surface area contributed by atoms with E-state index in [0.717, 1.165) is 12.1 Å². The van der Waals surface area contributed by atoms with Crippen LogP contribution >= 0.6 is 0 Å². The van der Waals surface area contributed by atoms with Gasteiger partial charge in [0.1, 0.15) is 0 Å². The third-order valence-corrected chi connectivity index (χ3v) is 3.19. The third kappa shape index (κ3) is 6.33. The zero-order valence-corrected chi connectivity index (χ0v) is 14.3. The Labute approximate surface area is 145 Å². The molecular weight excluding hydrogens is 330 g/mol. The van der Waals surface area contributed by atoms with Crippen LogP contribution in [0.4, 0.5) is 0 Å². The van der Waals surface area contributed by atoms with E-state index in [4.69, 9.17) is 0 Å². The summed E-state index contributed by atoms with van der Waals surface area (Å²) >= 11 is 0. The number of aromatic amines is 1. The number of H-pyrrole nitrogens is 1. The van der Waals surface area contributed by atoms with Crippen molar-refractivity contribution in [2.24, 2.45) is 11.7 Å². The summed E-state index contributed by atoms with van der Waals surface area (Å²) < 4.78 is 0. The number of Topliss-reactive ketones (excluding diaryl/α,β-unsaturated/α-hetero) is 1. The van der Waals surface area contributed by atoms with Gasteiger partial charge in [0.05, 0.1) is 17.3 Å². The maximum atomic E-state index is 11.2. The Bertz CT molecular complexity index is 606. The number of rotatable bonds is 1. The summed E-state index contributed by atoms with van der Waals surface area (Å²) in [5.74, 6) is 7.64. The highest BCUT2D eigenvalue weighted by Crippen LogP contribution is 2.08. The number of hydrogen-bond donors (Lipinski definition) is 5. The first-order valence-electron chi connectivity index (χ1n) is 7.32. The van der Waals surface area contributed by atoms with Gasteiger partial charge in [0, 0.05) is 51.9 Å². The number of nitrogens with one attached hydrogen (secondary N) is 3. The Morgan fingerprint density at radius 2 is 1.68 bits per heavy atom. The summed E-state index contributed by atoms with van der Waals surface area (Å²) in [6.45, 7) is 1.18. The van der Waals surface area contributed by atoms with Crippen LogP contribution in [0.15, 0.2) is 18.0 Å². The molecule has 0 aromatic carbocycles. The summed E-state index contributed by atoms with van der Waals surface area (Å²) in [4.78, 5) is 35.0. The molecular formula is C14H25N7O4. The number of hydrazine groups is 1. The van der Waals surface area contributed by atoms with E-state index in [1.54, 1.807) is 31.4 Å². The van der Waals surface area contributed by atoms with Gasteiger partial charge in [0.25, 0.3) is 11.8 Å². The lowest BCUT2D eigenvalue weighted by molar-refractivity contribution is -0.124. The average Bonchev–Trinajstić information content (AvgIpc) is 3.04. The minimum absolute atomic E-state index is 0. The van der Waals surface area contributed by atoms with Crippen LogP contribution in [0.3, 0.4) is 0 Å². The number of fused-ring (bicyclic) bond motifs is 1. The highest BCUT2D eigenvalue weighted by atomic mass is 16.2. The molecule has 1 aromatic rings. The molecule has 0 spiro atoms. The molecule has 1 aromatic heterocycles. The third-order valence-electron chi connectivity index (χ3n) is 3.19. The molecule has 2 aliphatic heterocycles. The minimum Gasteiger partial charge on any atom is -0.412 e. The fraction of sp³-hybridized carbons (Fsp3) is 0.429. The zero-order valence-electron chi connectivity index (χ0n) is 14.3. The SMILES string of the molecule is CN(C)/C=C1/C(=O)CCNC1=O.NN.O.O=C1NCCc2[nH]ncc21. The number of amides is 2. The molecule has 0 radical (unpaired) electrons. The number of aromatic nitrogens is 2. The lowest BCUT2D eigenvalue weighted by Gasteiger charge is -2.15. The summed E-state index contributed by atoms with van der Waals surface area (Å²) in [5.41, 5.74) is 1.89. The van der Waals surface area contributed by atoms with Crippen LogP contribution in [0.2, 0.25) is 0 Å². The maximum Gasteiger partial charge on any atom is 0.256 e. The van der Waals surface area contributed by atoms with E-state index in [2.05, 4.69) is 32.5 Å². The number of nitrogens with zero attached hydrogens (tertiary/aromatic N) is 2. The molecule has 0 bridgehead atoms. The highest BCUT2D eigenvalue weighted by Gasteiger charge is 2.22. The molecule has 11 nitrogen and oxygen atoms in total. The lowest BCUT2D eigenvalue weighted by Crippen LogP contribution is -2.37. The molecule has 0 unspecified atom stereocenters. The zero-order chi connectivity index (χ0) is 18.1.